The number of nitrogen functional groups attached to an aromatic ring is 1. The number of rotatable bonds is 4. The van der Waals surface area contributed by atoms with Crippen LogP contribution >= 0.6 is 0 Å². The lowest BCUT2D eigenvalue weighted by atomic mass is 10.1. The number of hydrogen-bond acceptors (Lipinski definition) is 3. The Bertz CT molecular complexity index is 494. The van der Waals surface area contributed by atoms with E-state index < -0.39 is 12.7 Å². The number of carbonyl (C=O) groups is 1. The summed E-state index contributed by atoms with van der Waals surface area (Å²) in [5.41, 5.74) is 7.30. The van der Waals surface area contributed by atoms with Crippen LogP contribution in [0.3, 0.4) is 0 Å². The molecule has 0 aliphatic carbocycles. The highest BCUT2D eigenvalue weighted by Crippen LogP contribution is 2.18. The maximum absolute atomic E-state index is 12.3. The Morgan fingerprint density at radius 1 is 1.09 bits per heavy atom. The summed E-state index contributed by atoms with van der Waals surface area (Å²) >= 11 is 0. The molecule has 1 saturated heterocycles. The van der Waals surface area contributed by atoms with E-state index in [-0.39, 0.29) is 19.0 Å². The molecule has 1 aliphatic heterocycles. The third kappa shape index (κ3) is 5.22. The number of aryl methyl sites for hydroxylation is 1. The summed E-state index contributed by atoms with van der Waals surface area (Å²) in [5.74, 6) is -0.0107. The first-order chi connectivity index (χ1) is 10.3. The first kappa shape index (κ1) is 16.6. The van der Waals surface area contributed by atoms with Gasteiger partial charge in [0.15, 0.2) is 0 Å². The molecule has 0 aromatic heterocycles. The zero-order chi connectivity index (χ0) is 16.2. The Morgan fingerprint density at radius 2 is 1.68 bits per heavy atom. The zero-order valence-electron chi connectivity index (χ0n) is 12.3. The van der Waals surface area contributed by atoms with Crippen LogP contribution in [0, 0.1) is 0 Å². The lowest BCUT2D eigenvalue weighted by Gasteiger charge is -2.35. The molecule has 1 aliphatic rings. The number of halogens is 3. The first-order valence-corrected chi connectivity index (χ1v) is 7.25. The van der Waals surface area contributed by atoms with Gasteiger partial charge in [0, 0.05) is 38.3 Å². The highest BCUT2D eigenvalue weighted by molar-refractivity contribution is 5.76. The Balaban J connectivity index is 1.74. The van der Waals surface area contributed by atoms with Gasteiger partial charge in [-0.2, -0.15) is 13.2 Å². The SMILES string of the molecule is Nc1ccc(CCC(=O)N2CCN(CC(F)(F)F)CC2)cc1. The van der Waals surface area contributed by atoms with Crippen LogP contribution in [0.25, 0.3) is 0 Å². The van der Waals surface area contributed by atoms with Gasteiger partial charge in [-0.25, -0.2) is 0 Å². The summed E-state index contributed by atoms with van der Waals surface area (Å²) in [6, 6.07) is 7.33. The van der Waals surface area contributed by atoms with E-state index in [1.807, 2.05) is 12.1 Å². The number of piperazine rings is 1. The number of anilines is 1. The molecule has 22 heavy (non-hydrogen) atoms. The smallest absolute Gasteiger partial charge is 0.399 e. The van der Waals surface area contributed by atoms with Crippen molar-refractivity contribution in [2.45, 2.75) is 19.0 Å². The molecule has 7 heteroatoms. The van der Waals surface area contributed by atoms with Gasteiger partial charge < -0.3 is 10.6 Å². The van der Waals surface area contributed by atoms with Crippen LogP contribution in [-0.4, -0.2) is 54.6 Å². The molecule has 0 atom stereocenters. The quantitative estimate of drug-likeness (QED) is 0.864. The number of nitrogens with zero attached hydrogens (tertiary/aromatic N) is 2. The number of amides is 1. The number of hydrogen-bond donors (Lipinski definition) is 1. The normalized spacial score (nSPS) is 16.8. The summed E-state index contributed by atoms with van der Waals surface area (Å²) in [6.07, 6.45) is -3.20. The van der Waals surface area contributed by atoms with Crippen molar-refractivity contribution in [1.29, 1.82) is 0 Å². The van der Waals surface area contributed by atoms with Crippen LogP contribution in [-0.2, 0) is 11.2 Å². The van der Waals surface area contributed by atoms with Crippen LogP contribution < -0.4 is 5.73 Å². The summed E-state index contributed by atoms with van der Waals surface area (Å²) in [6.45, 7) is 0.355. The second kappa shape index (κ2) is 7.00. The zero-order valence-corrected chi connectivity index (χ0v) is 12.3. The molecule has 4 nitrogen and oxygen atoms in total. The molecule has 0 saturated carbocycles. The van der Waals surface area contributed by atoms with Gasteiger partial charge in [0.25, 0.3) is 0 Å². The molecule has 0 bridgehead atoms. The van der Waals surface area contributed by atoms with Crippen LogP contribution in [0.2, 0.25) is 0 Å². The molecule has 1 heterocycles. The average Bonchev–Trinajstić information content (AvgIpc) is 2.45. The van der Waals surface area contributed by atoms with Gasteiger partial charge in [-0.15, -0.1) is 0 Å². The molecule has 1 amide bonds. The van der Waals surface area contributed by atoms with Crippen LogP contribution in [0.5, 0.6) is 0 Å². The number of benzene rings is 1. The van der Waals surface area contributed by atoms with Gasteiger partial charge in [-0.05, 0) is 24.1 Å². The van der Waals surface area contributed by atoms with Gasteiger partial charge in [0.2, 0.25) is 5.91 Å². The Hall–Kier alpha value is -1.76. The lowest BCUT2D eigenvalue weighted by Crippen LogP contribution is -2.50. The summed E-state index contributed by atoms with van der Waals surface area (Å²) in [5, 5.41) is 0. The number of alkyl halides is 3. The molecule has 0 spiro atoms. The highest BCUT2D eigenvalue weighted by Gasteiger charge is 2.32. The van der Waals surface area contributed by atoms with Crippen LogP contribution in [0.4, 0.5) is 18.9 Å². The molecule has 0 unspecified atom stereocenters. The third-order valence-corrected chi connectivity index (χ3v) is 3.74. The molecule has 1 aromatic rings. The largest absolute Gasteiger partial charge is 0.401 e. The van der Waals surface area contributed by atoms with E-state index in [0.29, 0.717) is 31.6 Å². The van der Waals surface area contributed by atoms with E-state index in [1.54, 1.807) is 17.0 Å². The van der Waals surface area contributed by atoms with E-state index in [4.69, 9.17) is 5.73 Å². The molecule has 2 N–H and O–H groups in total. The second-order valence-electron chi connectivity index (χ2n) is 5.51. The fraction of sp³-hybridized carbons (Fsp3) is 0.533. The van der Waals surface area contributed by atoms with Crippen molar-refractivity contribution in [1.82, 2.24) is 9.80 Å². The van der Waals surface area contributed by atoms with Crippen molar-refractivity contribution in [3.05, 3.63) is 29.8 Å². The Morgan fingerprint density at radius 3 is 2.23 bits per heavy atom. The molecule has 122 valence electrons. The van der Waals surface area contributed by atoms with Gasteiger partial charge >= 0.3 is 6.18 Å². The molecule has 0 radical (unpaired) electrons. The van der Waals surface area contributed by atoms with E-state index >= 15 is 0 Å². The molecule has 2 rings (SSSR count). The minimum Gasteiger partial charge on any atom is -0.399 e. The standard InChI is InChI=1S/C15H20F3N3O/c16-15(17,18)11-20-7-9-21(10-8-20)14(22)6-3-12-1-4-13(19)5-2-12/h1-2,4-5H,3,6-11,19H2. The first-order valence-electron chi connectivity index (χ1n) is 7.25. The van der Waals surface area contributed by atoms with Crippen LogP contribution in [0.15, 0.2) is 24.3 Å². The lowest BCUT2D eigenvalue weighted by molar-refractivity contribution is -0.151. The van der Waals surface area contributed by atoms with Gasteiger partial charge in [-0.3, -0.25) is 9.69 Å². The van der Waals surface area contributed by atoms with E-state index in [0.717, 1.165) is 5.56 Å². The van der Waals surface area contributed by atoms with E-state index in [9.17, 15) is 18.0 Å². The minimum atomic E-state index is -4.18. The topological polar surface area (TPSA) is 49.6 Å². The molecule has 1 fully saturated rings. The predicted molar refractivity (Wildman–Crippen MR) is 78.3 cm³/mol. The minimum absolute atomic E-state index is 0.0107. The molecular formula is C15H20F3N3O. The Labute approximate surface area is 127 Å². The van der Waals surface area contributed by atoms with Crippen LogP contribution in [0.1, 0.15) is 12.0 Å². The average molecular weight is 315 g/mol. The highest BCUT2D eigenvalue weighted by atomic mass is 19.4. The monoisotopic (exact) mass is 315 g/mol. The maximum atomic E-state index is 12.3. The summed E-state index contributed by atoms with van der Waals surface area (Å²) in [7, 11) is 0. The second-order valence-corrected chi connectivity index (χ2v) is 5.51. The summed E-state index contributed by atoms with van der Waals surface area (Å²) in [4.78, 5) is 15.1. The van der Waals surface area contributed by atoms with Crippen molar-refractivity contribution >= 4 is 11.6 Å². The van der Waals surface area contributed by atoms with Crippen molar-refractivity contribution in [3.63, 3.8) is 0 Å². The van der Waals surface area contributed by atoms with Crippen molar-refractivity contribution in [2.75, 3.05) is 38.5 Å². The fourth-order valence-corrected chi connectivity index (χ4v) is 2.50. The molecular weight excluding hydrogens is 295 g/mol. The van der Waals surface area contributed by atoms with E-state index in [2.05, 4.69) is 0 Å². The van der Waals surface area contributed by atoms with Crippen molar-refractivity contribution < 1.29 is 18.0 Å². The predicted octanol–water partition coefficient (Wildman–Crippen LogP) is 1.91. The third-order valence-electron chi connectivity index (χ3n) is 3.74. The molecule has 1 aromatic carbocycles. The number of nitrogens with two attached hydrogens (primary N) is 1. The van der Waals surface area contributed by atoms with Gasteiger partial charge in [-0.1, -0.05) is 12.1 Å². The van der Waals surface area contributed by atoms with Gasteiger partial charge in [0.1, 0.15) is 0 Å². The van der Waals surface area contributed by atoms with E-state index in [1.165, 1.54) is 4.90 Å². The van der Waals surface area contributed by atoms with Crippen molar-refractivity contribution in [2.24, 2.45) is 0 Å². The Kier molecular flexibility index (Phi) is 5.28. The van der Waals surface area contributed by atoms with Gasteiger partial charge in [0.05, 0.1) is 6.54 Å². The fourth-order valence-electron chi connectivity index (χ4n) is 2.50. The summed E-state index contributed by atoms with van der Waals surface area (Å²) < 4.78 is 36.9. The maximum Gasteiger partial charge on any atom is 0.401 e. The van der Waals surface area contributed by atoms with Crippen molar-refractivity contribution in [3.8, 4) is 0 Å². The number of carbonyl (C=O) groups excluding carboxylic acids is 1.